The van der Waals surface area contributed by atoms with Crippen molar-refractivity contribution >= 4 is 5.69 Å². The summed E-state index contributed by atoms with van der Waals surface area (Å²) in [6.07, 6.45) is 3.56. The molecule has 2 heterocycles. The van der Waals surface area contributed by atoms with Crippen molar-refractivity contribution in [2.24, 2.45) is 0 Å². The van der Waals surface area contributed by atoms with Gasteiger partial charge in [0.25, 0.3) is 0 Å². The highest BCUT2D eigenvalue weighted by Crippen LogP contribution is 2.27. The Morgan fingerprint density at radius 1 is 1.44 bits per heavy atom. The van der Waals surface area contributed by atoms with Crippen molar-refractivity contribution in [2.75, 3.05) is 25.1 Å². The number of fused-ring (bicyclic) bond motifs is 1. The van der Waals surface area contributed by atoms with Crippen molar-refractivity contribution < 1.29 is 4.74 Å². The van der Waals surface area contributed by atoms with Gasteiger partial charge in [0, 0.05) is 30.9 Å². The molecule has 0 bridgehead atoms. The minimum atomic E-state index is 0.150. The maximum atomic E-state index is 5.48. The van der Waals surface area contributed by atoms with Crippen molar-refractivity contribution in [3.05, 3.63) is 29.3 Å². The summed E-state index contributed by atoms with van der Waals surface area (Å²) in [7, 11) is 0. The van der Waals surface area contributed by atoms with E-state index in [1.807, 2.05) is 0 Å². The molecular weight excluding hydrogens is 224 g/mol. The summed E-state index contributed by atoms with van der Waals surface area (Å²) in [6.45, 7) is 5.99. The molecule has 0 spiro atoms. The van der Waals surface area contributed by atoms with Gasteiger partial charge in [-0.3, -0.25) is 0 Å². The van der Waals surface area contributed by atoms with E-state index in [-0.39, 0.29) is 5.54 Å². The Hall–Kier alpha value is -1.06. The Labute approximate surface area is 109 Å². The molecule has 98 valence electrons. The van der Waals surface area contributed by atoms with Gasteiger partial charge in [-0.1, -0.05) is 18.2 Å². The Morgan fingerprint density at radius 2 is 2.39 bits per heavy atom. The normalized spacial score (nSPS) is 26.7. The highest BCUT2D eigenvalue weighted by atomic mass is 16.5. The van der Waals surface area contributed by atoms with E-state index in [4.69, 9.17) is 4.74 Å². The molecule has 0 radical (unpaired) electrons. The number of aryl methyl sites for hydroxylation is 1. The number of ether oxygens (including phenoxy) is 1. The van der Waals surface area contributed by atoms with Crippen LogP contribution in [-0.4, -0.2) is 25.3 Å². The molecule has 1 unspecified atom stereocenters. The molecule has 3 nitrogen and oxygen atoms in total. The van der Waals surface area contributed by atoms with E-state index in [1.54, 1.807) is 0 Å². The minimum Gasteiger partial charge on any atom is -0.385 e. The maximum Gasteiger partial charge on any atom is 0.0646 e. The van der Waals surface area contributed by atoms with Gasteiger partial charge < -0.3 is 15.4 Å². The zero-order valence-corrected chi connectivity index (χ0v) is 11.1. The lowest BCUT2D eigenvalue weighted by Crippen LogP contribution is -2.42. The molecule has 1 aromatic rings. The van der Waals surface area contributed by atoms with E-state index in [0.717, 1.165) is 32.7 Å². The Kier molecular flexibility index (Phi) is 3.27. The molecule has 0 amide bonds. The summed E-state index contributed by atoms with van der Waals surface area (Å²) in [6, 6.07) is 6.64. The minimum absolute atomic E-state index is 0.150. The van der Waals surface area contributed by atoms with E-state index in [9.17, 15) is 0 Å². The van der Waals surface area contributed by atoms with Crippen LogP contribution in [0.5, 0.6) is 0 Å². The molecule has 3 rings (SSSR count). The third-order valence-corrected chi connectivity index (χ3v) is 4.09. The van der Waals surface area contributed by atoms with E-state index in [0.29, 0.717) is 0 Å². The number of hydrogen-bond donors (Lipinski definition) is 2. The van der Waals surface area contributed by atoms with Crippen LogP contribution in [0, 0.1) is 0 Å². The van der Waals surface area contributed by atoms with E-state index >= 15 is 0 Å². The molecule has 0 aliphatic carbocycles. The van der Waals surface area contributed by atoms with Gasteiger partial charge in [0.1, 0.15) is 0 Å². The van der Waals surface area contributed by atoms with E-state index in [2.05, 4.69) is 35.8 Å². The lowest BCUT2D eigenvalue weighted by molar-refractivity contribution is 0.171. The highest BCUT2D eigenvalue weighted by molar-refractivity contribution is 5.59. The second-order valence-corrected chi connectivity index (χ2v) is 5.70. The first-order chi connectivity index (χ1) is 8.77. The van der Waals surface area contributed by atoms with Crippen LogP contribution >= 0.6 is 0 Å². The third-order valence-electron chi connectivity index (χ3n) is 4.09. The Bertz CT molecular complexity index is 425. The lowest BCUT2D eigenvalue weighted by atomic mass is 9.97. The molecule has 1 atom stereocenters. The number of benzene rings is 1. The van der Waals surface area contributed by atoms with Gasteiger partial charge in [-0.05, 0) is 37.3 Å². The van der Waals surface area contributed by atoms with Gasteiger partial charge in [0.05, 0.1) is 6.61 Å². The monoisotopic (exact) mass is 246 g/mol. The number of rotatable bonds is 3. The van der Waals surface area contributed by atoms with Gasteiger partial charge in [-0.25, -0.2) is 0 Å². The fraction of sp³-hybridized carbons (Fsp3) is 0.600. The molecule has 2 aliphatic rings. The highest BCUT2D eigenvalue weighted by Gasteiger charge is 2.29. The smallest absolute Gasteiger partial charge is 0.0646 e. The van der Waals surface area contributed by atoms with Crippen LogP contribution in [0.3, 0.4) is 0 Å². The fourth-order valence-electron chi connectivity index (χ4n) is 2.84. The first-order valence-corrected chi connectivity index (χ1v) is 6.94. The molecule has 18 heavy (non-hydrogen) atoms. The van der Waals surface area contributed by atoms with Crippen LogP contribution in [0.2, 0.25) is 0 Å². The van der Waals surface area contributed by atoms with Crippen molar-refractivity contribution in [2.45, 2.75) is 38.3 Å². The zero-order chi connectivity index (χ0) is 12.4. The average Bonchev–Trinajstić information content (AvgIpc) is 2.84. The first-order valence-electron chi connectivity index (χ1n) is 6.94. The van der Waals surface area contributed by atoms with Gasteiger partial charge in [-0.15, -0.1) is 0 Å². The van der Waals surface area contributed by atoms with Crippen LogP contribution in [0.1, 0.15) is 30.9 Å². The zero-order valence-electron chi connectivity index (χ0n) is 11.1. The molecule has 0 aromatic heterocycles. The largest absolute Gasteiger partial charge is 0.385 e. The van der Waals surface area contributed by atoms with Crippen molar-refractivity contribution in [1.29, 1.82) is 0 Å². The number of hydrogen-bond acceptors (Lipinski definition) is 3. The maximum absolute atomic E-state index is 5.48. The Balaban J connectivity index is 1.72. The predicted octanol–water partition coefficient (Wildman–Crippen LogP) is 2.31. The summed E-state index contributed by atoms with van der Waals surface area (Å²) in [5.74, 6) is 0. The SMILES string of the molecule is CC1(NCc2cccc3c2NCCC3)CCOC1. The van der Waals surface area contributed by atoms with E-state index < -0.39 is 0 Å². The molecule has 2 N–H and O–H groups in total. The van der Waals surface area contributed by atoms with Gasteiger partial charge in [0.2, 0.25) is 0 Å². The van der Waals surface area contributed by atoms with Crippen LogP contribution in [0.4, 0.5) is 5.69 Å². The summed E-state index contributed by atoms with van der Waals surface area (Å²) in [5, 5.41) is 7.21. The second-order valence-electron chi connectivity index (χ2n) is 5.70. The Morgan fingerprint density at radius 3 is 3.22 bits per heavy atom. The lowest BCUT2D eigenvalue weighted by Gasteiger charge is -2.26. The molecule has 1 aromatic carbocycles. The van der Waals surface area contributed by atoms with Crippen molar-refractivity contribution in [1.82, 2.24) is 5.32 Å². The number of anilines is 1. The molecule has 2 aliphatic heterocycles. The van der Waals surface area contributed by atoms with Crippen LogP contribution in [0.25, 0.3) is 0 Å². The van der Waals surface area contributed by atoms with E-state index in [1.165, 1.54) is 29.7 Å². The summed E-state index contributed by atoms with van der Waals surface area (Å²) < 4.78 is 5.48. The molecule has 1 fully saturated rings. The molecule has 1 saturated heterocycles. The van der Waals surface area contributed by atoms with Gasteiger partial charge in [-0.2, -0.15) is 0 Å². The van der Waals surface area contributed by atoms with Crippen molar-refractivity contribution in [3.63, 3.8) is 0 Å². The predicted molar refractivity (Wildman–Crippen MR) is 73.9 cm³/mol. The topological polar surface area (TPSA) is 33.3 Å². The second kappa shape index (κ2) is 4.90. The fourth-order valence-corrected chi connectivity index (χ4v) is 2.84. The first kappa shape index (κ1) is 12.0. The van der Waals surface area contributed by atoms with Crippen LogP contribution in [-0.2, 0) is 17.7 Å². The molecule has 0 saturated carbocycles. The molecule has 3 heteroatoms. The number of para-hydroxylation sites is 1. The third kappa shape index (κ3) is 2.38. The summed E-state index contributed by atoms with van der Waals surface area (Å²) in [4.78, 5) is 0. The summed E-state index contributed by atoms with van der Waals surface area (Å²) in [5.41, 5.74) is 4.37. The quantitative estimate of drug-likeness (QED) is 0.858. The van der Waals surface area contributed by atoms with Crippen LogP contribution in [0.15, 0.2) is 18.2 Å². The number of nitrogens with one attached hydrogen (secondary N) is 2. The van der Waals surface area contributed by atoms with Crippen molar-refractivity contribution in [3.8, 4) is 0 Å². The summed E-state index contributed by atoms with van der Waals surface area (Å²) >= 11 is 0. The van der Waals surface area contributed by atoms with Gasteiger partial charge >= 0.3 is 0 Å². The molecular formula is C15H22N2O. The van der Waals surface area contributed by atoms with Gasteiger partial charge in [0.15, 0.2) is 0 Å². The standard InChI is InChI=1S/C15H22N2O/c1-15(7-9-18-11-15)17-10-13-5-2-4-12-6-3-8-16-14(12)13/h2,4-5,16-17H,3,6-11H2,1H3. The van der Waals surface area contributed by atoms with Crippen LogP contribution < -0.4 is 10.6 Å². The average molecular weight is 246 g/mol.